The van der Waals surface area contributed by atoms with Crippen molar-refractivity contribution in [2.45, 2.75) is 25.3 Å². The van der Waals surface area contributed by atoms with E-state index in [9.17, 15) is 0 Å². The minimum atomic E-state index is 0.482. The summed E-state index contributed by atoms with van der Waals surface area (Å²) in [5, 5.41) is 0. The maximum atomic E-state index is 5.97. The van der Waals surface area contributed by atoms with Crippen LogP contribution in [0.2, 0.25) is 0 Å². The Labute approximate surface area is 108 Å². The highest BCUT2D eigenvalue weighted by atomic mass is 79.9. The predicted molar refractivity (Wildman–Crippen MR) is 69.8 cm³/mol. The number of hydrogen-bond donors (Lipinski definition) is 0. The highest BCUT2D eigenvalue weighted by Crippen LogP contribution is 2.45. The van der Waals surface area contributed by atoms with Gasteiger partial charge in [-0.3, -0.25) is 0 Å². The molecule has 16 heavy (non-hydrogen) atoms. The van der Waals surface area contributed by atoms with Gasteiger partial charge in [-0.05, 0) is 30.5 Å². The summed E-state index contributed by atoms with van der Waals surface area (Å²) in [5.74, 6) is 2.22. The van der Waals surface area contributed by atoms with Gasteiger partial charge in [-0.2, -0.15) is 0 Å². The van der Waals surface area contributed by atoms with E-state index in [4.69, 9.17) is 11.6 Å². The van der Waals surface area contributed by atoms with E-state index in [-0.39, 0.29) is 0 Å². The number of halogens is 2. The quantitative estimate of drug-likeness (QED) is 0.763. The summed E-state index contributed by atoms with van der Waals surface area (Å²) in [7, 11) is 0. The normalized spacial score (nSPS) is 23.9. The Kier molecular flexibility index (Phi) is 2.48. The molecule has 0 bridgehead atoms. The molecule has 0 saturated heterocycles. The van der Waals surface area contributed by atoms with E-state index >= 15 is 0 Å². The van der Waals surface area contributed by atoms with Gasteiger partial charge in [0.15, 0.2) is 0 Å². The van der Waals surface area contributed by atoms with Crippen molar-refractivity contribution in [1.82, 2.24) is 9.55 Å². The molecular weight excluding hydrogens is 288 g/mol. The van der Waals surface area contributed by atoms with Crippen molar-refractivity contribution in [2.75, 3.05) is 0 Å². The Balaban J connectivity index is 2.23. The van der Waals surface area contributed by atoms with Gasteiger partial charge in [-0.25, -0.2) is 4.98 Å². The van der Waals surface area contributed by atoms with Crippen LogP contribution in [-0.4, -0.2) is 9.55 Å². The Bertz CT molecular complexity index is 549. The molecule has 0 spiro atoms. The highest BCUT2D eigenvalue weighted by Gasteiger charge is 2.36. The molecule has 4 heteroatoms. The monoisotopic (exact) mass is 298 g/mol. The smallest absolute Gasteiger partial charge is 0.125 e. The van der Waals surface area contributed by atoms with Crippen LogP contribution in [-0.2, 0) is 5.88 Å². The number of alkyl halides is 1. The molecule has 1 aliphatic rings. The van der Waals surface area contributed by atoms with Crippen molar-refractivity contribution in [3.05, 3.63) is 28.5 Å². The summed E-state index contributed by atoms with van der Waals surface area (Å²) in [6.45, 7) is 2.27. The van der Waals surface area contributed by atoms with Crippen molar-refractivity contribution < 1.29 is 0 Å². The fraction of sp³-hybridized carbons (Fsp3) is 0.417. The Morgan fingerprint density at radius 2 is 2.31 bits per heavy atom. The Hall–Kier alpha value is -0.540. The van der Waals surface area contributed by atoms with Crippen LogP contribution >= 0.6 is 27.5 Å². The maximum absolute atomic E-state index is 5.97. The fourth-order valence-electron chi connectivity index (χ4n) is 2.25. The highest BCUT2D eigenvalue weighted by molar-refractivity contribution is 9.10. The average molecular weight is 300 g/mol. The molecule has 2 nitrogen and oxygen atoms in total. The van der Waals surface area contributed by atoms with Crippen LogP contribution < -0.4 is 0 Å². The molecule has 1 aromatic carbocycles. The van der Waals surface area contributed by atoms with Gasteiger partial charge in [0.25, 0.3) is 0 Å². The molecule has 2 atom stereocenters. The predicted octanol–water partition coefficient (Wildman–Crippen LogP) is 4.12. The number of fused-ring (bicyclic) bond motifs is 1. The number of imidazole rings is 1. The van der Waals surface area contributed by atoms with Gasteiger partial charge in [0, 0.05) is 10.5 Å². The molecule has 2 unspecified atom stereocenters. The Morgan fingerprint density at radius 3 is 2.94 bits per heavy atom. The van der Waals surface area contributed by atoms with Crippen molar-refractivity contribution >= 4 is 38.6 Å². The standard InChI is InChI=1S/C12H12BrClN2/c1-7-4-11(7)16-10-3-2-8(13)5-9(10)15-12(16)6-14/h2-3,5,7,11H,4,6H2,1H3. The van der Waals surface area contributed by atoms with Crippen LogP contribution in [0.1, 0.15) is 25.2 Å². The van der Waals surface area contributed by atoms with Crippen LogP contribution in [0.4, 0.5) is 0 Å². The lowest BCUT2D eigenvalue weighted by molar-refractivity contribution is 0.678. The first-order chi connectivity index (χ1) is 7.70. The van der Waals surface area contributed by atoms with Crippen molar-refractivity contribution in [3.63, 3.8) is 0 Å². The van der Waals surface area contributed by atoms with Crippen molar-refractivity contribution in [3.8, 4) is 0 Å². The summed E-state index contributed by atoms with van der Waals surface area (Å²) in [4.78, 5) is 4.59. The molecule has 3 rings (SSSR count). The van der Waals surface area contributed by atoms with E-state index in [1.54, 1.807) is 0 Å². The molecule has 0 amide bonds. The zero-order chi connectivity index (χ0) is 11.3. The van der Waals surface area contributed by atoms with Crippen molar-refractivity contribution in [2.24, 2.45) is 5.92 Å². The van der Waals surface area contributed by atoms with Crippen LogP contribution in [0.25, 0.3) is 11.0 Å². The third-order valence-electron chi connectivity index (χ3n) is 3.24. The minimum absolute atomic E-state index is 0.482. The fourth-order valence-corrected chi connectivity index (χ4v) is 2.79. The molecule has 1 saturated carbocycles. The van der Waals surface area contributed by atoms with Gasteiger partial charge in [-0.15, -0.1) is 11.6 Å². The molecule has 2 aromatic rings. The largest absolute Gasteiger partial charge is 0.324 e. The first kappa shape index (κ1) is 10.6. The number of rotatable bonds is 2. The summed E-state index contributed by atoms with van der Waals surface area (Å²) in [5.41, 5.74) is 2.23. The van der Waals surface area contributed by atoms with Gasteiger partial charge in [0.2, 0.25) is 0 Å². The zero-order valence-corrected chi connectivity index (χ0v) is 11.3. The SMILES string of the molecule is CC1CC1n1c(CCl)nc2cc(Br)ccc21. The van der Waals surface area contributed by atoms with Crippen LogP contribution in [0.5, 0.6) is 0 Å². The maximum Gasteiger partial charge on any atom is 0.125 e. The lowest BCUT2D eigenvalue weighted by Crippen LogP contribution is -2.00. The summed E-state index contributed by atoms with van der Waals surface area (Å²) < 4.78 is 3.37. The minimum Gasteiger partial charge on any atom is -0.324 e. The van der Waals surface area contributed by atoms with Crippen molar-refractivity contribution in [1.29, 1.82) is 0 Å². The Morgan fingerprint density at radius 1 is 1.56 bits per heavy atom. The van der Waals surface area contributed by atoms with E-state index < -0.39 is 0 Å². The summed E-state index contributed by atoms with van der Waals surface area (Å²) in [6, 6.07) is 6.83. The number of aromatic nitrogens is 2. The molecule has 0 N–H and O–H groups in total. The zero-order valence-electron chi connectivity index (χ0n) is 8.95. The molecule has 1 fully saturated rings. The molecule has 0 radical (unpaired) electrons. The van der Waals surface area contributed by atoms with Crippen LogP contribution in [0.15, 0.2) is 22.7 Å². The third kappa shape index (κ3) is 1.57. The second kappa shape index (κ2) is 3.74. The molecule has 1 aromatic heterocycles. The molecular formula is C12H12BrClN2. The topological polar surface area (TPSA) is 17.8 Å². The van der Waals surface area contributed by atoms with E-state index in [0.717, 1.165) is 21.7 Å². The number of nitrogens with zero attached hydrogens (tertiary/aromatic N) is 2. The lowest BCUT2D eigenvalue weighted by atomic mass is 10.3. The van der Waals surface area contributed by atoms with Gasteiger partial charge >= 0.3 is 0 Å². The van der Waals surface area contributed by atoms with Gasteiger partial charge < -0.3 is 4.57 Å². The molecule has 0 aliphatic heterocycles. The van der Waals surface area contributed by atoms with E-state index in [1.165, 1.54) is 11.9 Å². The molecule has 1 heterocycles. The van der Waals surface area contributed by atoms with E-state index in [2.05, 4.69) is 50.6 Å². The average Bonchev–Trinajstić information content (AvgIpc) is 2.86. The molecule has 1 aliphatic carbocycles. The first-order valence-corrected chi connectivity index (χ1v) is 6.76. The first-order valence-electron chi connectivity index (χ1n) is 5.43. The summed E-state index contributed by atoms with van der Waals surface area (Å²) >= 11 is 9.44. The van der Waals surface area contributed by atoms with Gasteiger partial charge in [0.1, 0.15) is 5.82 Å². The van der Waals surface area contributed by atoms with Gasteiger partial charge in [-0.1, -0.05) is 22.9 Å². The number of benzene rings is 1. The van der Waals surface area contributed by atoms with Crippen LogP contribution in [0, 0.1) is 5.92 Å². The lowest BCUT2D eigenvalue weighted by Gasteiger charge is -2.05. The summed E-state index contributed by atoms with van der Waals surface area (Å²) in [6.07, 6.45) is 1.24. The molecule has 84 valence electrons. The van der Waals surface area contributed by atoms with Crippen LogP contribution in [0.3, 0.4) is 0 Å². The van der Waals surface area contributed by atoms with E-state index in [0.29, 0.717) is 11.9 Å². The third-order valence-corrected chi connectivity index (χ3v) is 3.98. The van der Waals surface area contributed by atoms with Gasteiger partial charge in [0.05, 0.1) is 16.9 Å². The number of hydrogen-bond acceptors (Lipinski definition) is 1. The van der Waals surface area contributed by atoms with E-state index in [1.807, 2.05) is 0 Å². The second-order valence-electron chi connectivity index (χ2n) is 4.45. The second-order valence-corrected chi connectivity index (χ2v) is 5.63.